The molecule has 0 bridgehead atoms. The fraction of sp³-hybridized carbons (Fsp3) is 0.474. The Labute approximate surface area is 127 Å². The summed E-state index contributed by atoms with van der Waals surface area (Å²) in [4.78, 5) is 0. The maximum absolute atomic E-state index is 11.1. The van der Waals surface area contributed by atoms with Gasteiger partial charge in [-0.3, -0.25) is 0 Å². The number of nitrogens with two attached hydrogens (primary N) is 1. The van der Waals surface area contributed by atoms with Crippen molar-refractivity contribution in [2.75, 3.05) is 6.54 Å². The van der Waals surface area contributed by atoms with Crippen LogP contribution in [-0.2, 0) is 0 Å². The van der Waals surface area contributed by atoms with Gasteiger partial charge in [0.2, 0.25) is 0 Å². The highest BCUT2D eigenvalue weighted by molar-refractivity contribution is 5.86. The molecule has 2 nitrogen and oxygen atoms in total. The van der Waals surface area contributed by atoms with Gasteiger partial charge in [-0.1, -0.05) is 62.2 Å². The zero-order chi connectivity index (χ0) is 14.9. The first-order valence-corrected chi connectivity index (χ1v) is 8.02. The van der Waals surface area contributed by atoms with Crippen LogP contribution in [0.2, 0.25) is 0 Å². The molecule has 1 fully saturated rings. The molecule has 0 heterocycles. The maximum Gasteiger partial charge on any atom is 0.0864 e. The number of aliphatic hydroxyl groups excluding tert-OH is 1. The van der Waals surface area contributed by atoms with E-state index >= 15 is 0 Å². The van der Waals surface area contributed by atoms with E-state index in [-0.39, 0.29) is 5.41 Å². The molecule has 1 saturated carbocycles. The highest BCUT2D eigenvalue weighted by Gasteiger charge is 2.40. The fourth-order valence-electron chi connectivity index (χ4n) is 3.75. The van der Waals surface area contributed by atoms with Crippen molar-refractivity contribution in [3.63, 3.8) is 0 Å². The molecule has 2 aromatic carbocycles. The van der Waals surface area contributed by atoms with Crippen LogP contribution in [0.4, 0.5) is 0 Å². The molecule has 0 spiro atoms. The molecular formula is C19H25NO. The molecule has 0 radical (unpaired) electrons. The fourth-order valence-corrected chi connectivity index (χ4v) is 3.75. The number of fused-ring (bicyclic) bond motifs is 1. The number of rotatable bonds is 3. The molecule has 1 aliphatic carbocycles. The van der Waals surface area contributed by atoms with Gasteiger partial charge in [-0.2, -0.15) is 0 Å². The molecule has 2 aromatic rings. The molecule has 112 valence electrons. The normalized spacial score (nSPS) is 27.7. The van der Waals surface area contributed by atoms with Crippen molar-refractivity contribution >= 4 is 10.8 Å². The summed E-state index contributed by atoms with van der Waals surface area (Å²) in [7, 11) is 0. The summed E-state index contributed by atoms with van der Waals surface area (Å²) in [5.74, 6) is 0.754. The molecule has 0 amide bonds. The third-order valence-electron chi connectivity index (χ3n) is 5.37. The zero-order valence-electron chi connectivity index (χ0n) is 12.8. The van der Waals surface area contributed by atoms with Gasteiger partial charge in [-0.05, 0) is 35.1 Å². The van der Waals surface area contributed by atoms with Crippen LogP contribution < -0.4 is 5.73 Å². The lowest BCUT2D eigenvalue weighted by Gasteiger charge is -2.42. The molecule has 21 heavy (non-hydrogen) atoms. The van der Waals surface area contributed by atoms with Crippen LogP contribution in [0.1, 0.15) is 44.3 Å². The van der Waals surface area contributed by atoms with E-state index in [1.807, 2.05) is 18.2 Å². The third-order valence-corrected chi connectivity index (χ3v) is 5.37. The topological polar surface area (TPSA) is 46.2 Å². The summed E-state index contributed by atoms with van der Waals surface area (Å²) in [6.07, 6.45) is 3.91. The smallest absolute Gasteiger partial charge is 0.0864 e. The van der Waals surface area contributed by atoms with Crippen molar-refractivity contribution in [3.05, 3.63) is 48.0 Å². The summed E-state index contributed by atoms with van der Waals surface area (Å²) in [6.45, 7) is 2.86. The van der Waals surface area contributed by atoms with Gasteiger partial charge in [0.1, 0.15) is 0 Å². The minimum atomic E-state index is -0.471. The Bertz CT molecular complexity index is 608. The third kappa shape index (κ3) is 2.58. The first-order valence-electron chi connectivity index (χ1n) is 8.02. The van der Waals surface area contributed by atoms with E-state index in [0.717, 1.165) is 29.7 Å². The number of hydrogen-bond donors (Lipinski definition) is 2. The van der Waals surface area contributed by atoms with E-state index in [1.54, 1.807) is 0 Å². The van der Waals surface area contributed by atoms with Gasteiger partial charge in [0, 0.05) is 12.0 Å². The van der Waals surface area contributed by atoms with Crippen molar-refractivity contribution in [2.45, 2.75) is 38.7 Å². The maximum atomic E-state index is 11.1. The molecule has 1 atom stereocenters. The van der Waals surface area contributed by atoms with Crippen LogP contribution in [-0.4, -0.2) is 11.7 Å². The summed E-state index contributed by atoms with van der Waals surface area (Å²) >= 11 is 0. The number of hydrogen-bond acceptors (Lipinski definition) is 2. The molecule has 0 aliphatic heterocycles. The molecule has 0 aromatic heterocycles. The average molecular weight is 283 g/mol. The van der Waals surface area contributed by atoms with Gasteiger partial charge < -0.3 is 10.8 Å². The quantitative estimate of drug-likeness (QED) is 0.893. The van der Waals surface area contributed by atoms with Crippen LogP contribution in [0.15, 0.2) is 42.5 Å². The molecule has 3 rings (SSSR count). The van der Waals surface area contributed by atoms with Gasteiger partial charge in [-0.25, -0.2) is 0 Å². The molecule has 0 saturated heterocycles. The summed E-state index contributed by atoms with van der Waals surface area (Å²) in [5.41, 5.74) is 6.99. The van der Waals surface area contributed by atoms with Crippen LogP contribution in [0, 0.1) is 11.3 Å². The second kappa shape index (κ2) is 5.78. The lowest BCUT2D eigenvalue weighted by molar-refractivity contribution is -0.00726. The van der Waals surface area contributed by atoms with E-state index in [4.69, 9.17) is 5.73 Å². The van der Waals surface area contributed by atoms with Crippen molar-refractivity contribution in [2.24, 2.45) is 17.1 Å². The molecule has 1 aliphatic rings. The predicted octanol–water partition coefficient (Wildman–Crippen LogP) is 4.03. The minimum absolute atomic E-state index is 0.156. The van der Waals surface area contributed by atoms with Crippen molar-refractivity contribution < 1.29 is 5.11 Å². The zero-order valence-corrected chi connectivity index (χ0v) is 12.8. The first-order chi connectivity index (χ1) is 10.2. The SMILES string of the molecule is CC1CCC(CN)(C(O)c2cccc3ccccc23)CC1. The molecular weight excluding hydrogens is 258 g/mol. The highest BCUT2D eigenvalue weighted by Crippen LogP contribution is 2.47. The molecule has 3 N–H and O–H groups in total. The Morgan fingerprint density at radius 1 is 1.14 bits per heavy atom. The largest absolute Gasteiger partial charge is 0.388 e. The Hall–Kier alpha value is -1.38. The van der Waals surface area contributed by atoms with E-state index in [9.17, 15) is 5.11 Å². The van der Waals surface area contributed by atoms with Gasteiger partial charge >= 0.3 is 0 Å². The summed E-state index contributed by atoms with van der Waals surface area (Å²) in [6, 6.07) is 14.5. The Morgan fingerprint density at radius 3 is 2.52 bits per heavy atom. The van der Waals surface area contributed by atoms with Crippen LogP contribution >= 0.6 is 0 Å². The van der Waals surface area contributed by atoms with Gasteiger partial charge in [0.15, 0.2) is 0 Å². The van der Waals surface area contributed by atoms with Crippen molar-refractivity contribution in [1.82, 2.24) is 0 Å². The van der Waals surface area contributed by atoms with Crippen molar-refractivity contribution in [3.8, 4) is 0 Å². The van der Waals surface area contributed by atoms with E-state index in [1.165, 1.54) is 18.2 Å². The predicted molar refractivity (Wildman–Crippen MR) is 88.0 cm³/mol. The van der Waals surface area contributed by atoms with E-state index in [2.05, 4.69) is 31.2 Å². The van der Waals surface area contributed by atoms with Gasteiger partial charge in [-0.15, -0.1) is 0 Å². The summed E-state index contributed by atoms with van der Waals surface area (Å²) in [5, 5.41) is 13.4. The Kier molecular flexibility index (Phi) is 4.01. The van der Waals surface area contributed by atoms with Crippen LogP contribution in [0.25, 0.3) is 10.8 Å². The minimum Gasteiger partial charge on any atom is -0.388 e. The monoisotopic (exact) mass is 283 g/mol. The van der Waals surface area contributed by atoms with Crippen molar-refractivity contribution in [1.29, 1.82) is 0 Å². The standard InChI is InChI=1S/C19H25NO/c1-14-9-11-19(13-20,12-10-14)18(21)17-8-4-6-15-5-2-3-7-16(15)17/h2-8,14,18,21H,9-13,20H2,1H3. The van der Waals surface area contributed by atoms with Crippen LogP contribution in [0.3, 0.4) is 0 Å². The first kappa shape index (κ1) is 14.6. The van der Waals surface area contributed by atoms with Gasteiger partial charge in [0.25, 0.3) is 0 Å². The van der Waals surface area contributed by atoms with Crippen LogP contribution in [0.5, 0.6) is 0 Å². The Balaban J connectivity index is 2.01. The molecule has 2 heteroatoms. The van der Waals surface area contributed by atoms with Gasteiger partial charge in [0.05, 0.1) is 6.10 Å². The lowest BCUT2D eigenvalue weighted by Crippen LogP contribution is -2.40. The number of benzene rings is 2. The second-order valence-electron chi connectivity index (χ2n) is 6.72. The number of aliphatic hydroxyl groups is 1. The average Bonchev–Trinajstić information content (AvgIpc) is 2.55. The molecule has 1 unspecified atom stereocenters. The Morgan fingerprint density at radius 2 is 1.81 bits per heavy atom. The van der Waals surface area contributed by atoms with E-state index < -0.39 is 6.10 Å². The van der Waals surface area contributed by atoms with E-state index in [0.29, 0.717) is 6.54 Å². The lowest BCUT2D eigenvalue weighted by atomic mass is 9.66. The highest BCUT2D eigenvalue weighted by atomic mass is 16.3. The second-order valence-corrected chi connectivity index (χ2v) is 6.72. The summed E-state index contributed by atoms with van der Waals surface area (Å²) < 4.78 is 0.